The third-order valence-corrected chi connectivity index (χ3v) is 5.33. The number of hydrogen-bond donors (Lipinski definition) is 1. The predicted octanol–water partition coefficient (Wildman–Crippen LogP) is 3.03. The molecule has 0 radical (unpaired) electrons. The quantitative estimate of drug-likeness (QED) is 0.925. The van der Waals surface area contributed by atoms with Crippen LogP contribution >= 0.6 is 0 Å². The maximum absolute atomic E-state index is 12.2. The molecule has 4 rings (SSSR count). The summed E-state index contributed by atoms with van der Waals surface area (Å²) in [7, 11) is 0. The summed E-state index contributed by atoms with van der Waals surface area (Å²) in [6.45, 7) is 6.89. The molecule has 4 heteroatoms. The summed E-state index contributed by atoms with van der Waals surface area (Å²) in [5.41, 5.74) is 3.89. The lowest BCUT2D eigenvalue weighted by atomic mass is 9.75. The average molecular weight is 319 g/mol. The van der Waals surface area contributed by atoms with Crippen molar-refractivity contribution in [2.24, 2.45) is 0 Å². The van der Waals surface area contributed by atoms with E-state index in [1.807, 2.05) is 24.4 Å². The molecule has 1 atom stereocenters. The normalized spacial score (nSPS) is 24.1. The van der Waals surface area contributed by atoms with Gasteiger partial charge in [-0.15, -0.1) is 0 Å². The van der Waals surface area contributed by atoms with Gasteiger partial charge in [-0.05, 0) is 36.3 Å². The van der Waals surface area contributed by atoms with Crippen LogP contribution in [0.25, 0.3) is 6.08 Å². The Balaban J connectivity index is 1.86. The number of anilines is 1. The Bertz CT molecular complexity index is 841. The number of benzene rings is 1. The lowest BCUT2D eigenvalue weighted by Crippen LogP contribution is -2.58. The fraction of sp³-hybridized carbons (Fsp3) is 0.300. The van der Waals surface area contributed by atoms with Gasteiger partial charge in [0.15, 0.2) is 0 Å². The maximum Gasteiger partial charge on any atom is 0.241 e. The molecule has 122 valence electrons. The molecular formula is C20H21N3O. The van der Waals surface area contributed by atoms with Gasteiger partial charge in [0, 0.05) is 23.5 Å². The molecule has 1 saturated heterocycles. The fourth-order valence-corrected chi connectivity index (χ4v) is 3.98. The maximum atomic E-state index is 12.2. The van der Waals surface area contributed by atoms with E-state index in [1.165, 1.54) is 11.1 Å². The van der Waals surface area contributed by atoms with Crippen LogP contribution in [-0.2, 0) is 10.2 Å². The van der Waals surface area contributed by atoms with Gasteiger partial charge in [0.1, 0.15) is 5.66 Å². The Labute approximate surface area is 142 Å². The summed E-state index contributed by atoms with van der Waals surface area (Å²) < 4.78 is 0. The molecule has 1 aromatic heterocycles. The van der Waals surface area contributed by atoms with Crippen molar-refractivity contribution < 1.29 is 4.79 Å². The molecular weight excluding hydrogens is 298 g/mol. The Morgan fingerprint density at radius 1 is 1.29 bits per heavy atom. The first-order chi connectivity index (χ1) is 11.4. The van der Waals surface area contributed by atoms with Crippen LogP contribution in [-0.4, -0.2) is 23.1 Å². The standard InChI is InChI=1S/C20H21N3O/c1-14-6-7-17-16(11-14)19(2,3)20(22-18(24)13-23(17)20)9-8-15-5-4-10-21-12-15/h4-12H,13H2,1-3H3,(H,22,24)/b9-8-/t20-/m0/s1. The number of hydrogen-bond acceptors (Lipinski definition) is 3. The van der Waals surface area contributed by atoms with E-state index in [-0.39, 0.29) is 11.3 Å². The minimum absolute atomic E-state index is 0.0603. The second-order valence-corrected chi connectivity index (χ2v) is 7.17. The second kappa shape index (κ2) is 4.94. The zero-order valence-corrected chi connectivity index (χ0v) is 14.2. The molecule has 4 nitrogen and oxygen atoms in total. The van der Waals surface area contributed by atoms with Gasteiger partial charge in [-0.1, -0.05) is 43.7 Å². The van der Waals surface area contributed by atoms with Gasteiger partial charge in [0.25, 0.3) is 0 Å². The number of fused-ring (bicyclic) bond motifs is 3. The zero-order valence-electron chi connectivity index (χ0n) is 14.2. The summed E-state index contributed by atoms with van der Waals surface area (Å²) in [4.78, 5) is 18.6. The zero-order chi connectivity index (χ0) is 16.9. The third-order valence-electron chi connectivity index (χ3n) is 5.33. The summed E-state index contributed by atoms with van der Waals surface area (Å²) in [5.74, 6) is 0.0603. The van der Waals surface area contributed by atoms with Crippen molar-refractivity contribution in [1.82, 2.24) is 10.3 Å². The van der Waals surface area contributed by atoms with E-state index in [4.69, 9.17) is 0 Å². The van der Waals surface area contributed by atoms with Crippen LogP contribution < -0.4 is 10.2 Å². The number of amides is 1. The number of rotatable bonds is 2. The summed E-state index contributed by atoms with van der Waals surface area (Å²) in [5, 5.41) is 3.24. The molecule has 2 aliphatic rings. The van der Waals surface area contributed by atoms with E-state index in [0.717, 1.165) is 11.3 Å². The molecule has 1 amide bonds. The van der Waals surface area contributed by atoms with Crippen molar-refractivity contribution in [3.8, 4) is 0 Å². The van der Waals surface area contributed by atoms with Crippen molar-refractivity contribution in [3.05, 3.63) is 65.5 Å². The van der Waals surface area contributed by atoms with E-state index < -0.39 is 5.66 Å². The molecule has 2 aromatic rings. The summed E-state index contributed by atoms with van der Waals surface area (Å²) >= 11 is 0. The van der Waals surface area contributed by atoms with Crippen LogP contribution in [0.15, 0.2) is 48.8 Å². The van der Waals surface area contributed by atoms with Gasteiger partial charge in [0.2, 0.25) is 5.91 Å². The smallest absolute Gasteiger partial charge is 0.241 e. The van der Waals surface area contributed by atoms with E-state index >= 15 is 0 Å². The predicted molar refractivity (Wildman–Crippen MR) is 95.7 cm³/mol. The van der Waals surface area contributed by atoms with Crippen molar-refractivity contribution in [3.63, 3.8) is 0 Å². The Hall–Kier alpha value is -2.62. The highest BCUT2D eigenvalue weighted by atomic mass is 16.2. The minimum Gasteiger partial charge on any atom is -0.335 e. The van der Waals surface area contributed by atoms with E-state index in [1.54, 1.807) is 6.20 Å². The Morgan fingerprint density at radius 3 is 2.88 bits per heavy atom. The van der Waals surface area contributed by atoms with Crippen LogP contribution in [0.2, 0.25) is 0 Å². The lowest BCUT2D eigenvalue weighted by molar-refractivity contribution is -0.118. The summed E-state index contributed by atoms with van der Waals surface area (Å²) in [6, 6.07) is 10.4. The largest absolute Gasteiger partial charge is 0.335 e. The van der Waals surface area contributed by atoms with E-state index in [2.05, 4.69) is 60.2 Å². The molecule has 0 bridgehead atoms. The topological polar surface area (TPSA) is 45.2 Å². The second-order valence-electron chi connectivity index (χ2n) is 7.17. The van der Waals surface area contributed by atoms with Crippen LogP contribution in [0.4, 0.5) is 5.69 Å². The van der Waals surface area contributed by atoms with Gasteiger partial charge >= 0.3 is 0 Å². The SMILES string of the molecule is Cc1ccc2c(c1)C(C)(C)[C@@]1(/C=C\c3cccnc3)NC(=O)CN21. The molecule has 0 aliphatic carbocycles. The summed E-state index contributed by atoms with van der Waals surface area (Å²) in [6.07, 6.45) is 7.75. The highest BCUT2D eigenvalue weighted by Gasteiger charge is 2.59. The molecule has 3 heterocycles. The number of aryl methyl sites for hydroxylation is 1. The van der Waals surface area contributed by atoms with Gasteiger partial charge in [-0.2, -0.15) is 0 Å². The molecule has 0 unspecified atom stereocenters. The number of nitrogens with zero attached hydrogens (tertiary/aromatic N) is 2. The minimum atomic E-state index is -0.546. The monoisotopic (exact) mass is 319 g/mol. The molecule has 0 saturated carbocycles. The number of pyridine rings is 1. The van der Waals surface area contributed by atoms with Crippen molar-refractivity contribution in [2.75, 3.05) is 11.4 Å². The highest BCUT2D eigenvalue weighted by Crippen LogP contribution is 2.53. The number of carbonyl (C=O) groups excluding carboxylic acids is 1. The fourth-order valence-electron chi connectivity index (χ4n) is 3.98. The van der Waals surface area contributed by atoms with Crippen LogP contribution in [0, 0.1) is 6.92 Å². The number of carbonyl (C=O) groups is 1. The van der Waals surface area contributed by atoms with Crippen molar-refractivity contribution in [2.45, 2.75) is 31.8 Å². The first-order valence-corrected chi connectivity index (χ1v) is 8.23. The highest BCUT2D eigenvalue weighted by molar-refractivity contribution is 5.91. The molecule has 1 N–H and O–H groups in total. The first kappa shape index (κ1) is 14.9. The molecule has 1 aromatic carbocycles. The average Bonchev–Trinajstić information content (AvgIpc) is 2.98. The first-order valence-electron chi connectivity index (χ1n) is 8.23. The molecule has 2 aliphatic heterocycles. The van der Waals surface area contributed by atoms with Crippen LogP contribution in [0.3, 0.4) is 0 Å². The molecule has 0 spiro atoms. The van der Waals surface area contributed by atoms with Crippen LogP contribution in [0.5, 0.6) is 0 Å². The van der Waals surface area contributed by atoms with E-state index in [0.29, 0.717) is 6.54 Å². The third kappa shape index (κ3) is 1.92. The number of aromatic nitrogens is 1. The van der Waals surface area contributed by atoms with Gasteiger partial charge in [0.05, 0.1) is 6.54 Å². The van der Waals surface area contributed by atoms with Gasteiger partial charge in [-0.25, -0.2) is 0 Å². The van der Waals surface area contributed by atoms with Crippen LogP contribution in [0.1, 0.15) is 30.5 Å². The number of nitrogens with one attached hydrogen (secondary N) is 1. The lowest BCUT2D eigenvalue weighted by Gasteiger charge is -2.40. The molecule has 24 heavy (non-hydrogen) atoms. The molecule has 1 fully saturated rings. The Kier molecular flexibility index (Phi) is 3.07. The van der Waals surface area contributed by atoms with Crippen molar-refractivity contribution in [1.29, 1.82) is 0 Å². The van der Waals surface area contributed by atoms with E-state index in [9.17, 15) is 4.79 Å². The van der Waals surface area contributed by atoms with Gasteiger partial charge in [-0.3, -0.25) is 9.78 Å². The van der Waals surface area contributed by atoms with Crippen molar-refractivity contribution >= 4 is 17.7 Å². The van der Waals surface area contributed by atoms with Gasteiger partial charge < -0.3 is 10.2 Å². The Morgan fingerprint density at radius 2 is 2.12 bits per heavy atom.